The van der Waals surface area contributed by atoms with E-state index in [-0.39, 0.29) is 5.56 Å². The second-order valence-electron chi connectivity index (χ2n) is 10.3. The summed E-state index contributed by atoms with van der Waals surface area (Å²) in [6.45, 7) is 4.08. The Bertz CT molecular complexity index is 2000. The van der Waals surface area contributed by atoms with Gasteiger partial charge in [-0.1, -0.05) is 116 Å². The Morgan fingerprint density at radius 2 is 1.35 bits per heavy atom. The first-order chi connectivity index (χ1) is 21.0. The van der Waals surface area contributed by atoms with Crippen molar-refractivity contribution in [2.45, 2.75) is 26.7 Å². The molecule has 6 rings (SSSR count). The number of benzene rings is 4. The van der Waals surface area contributed by atoms with E-state index < -0.39 is 0 Å². The van der Waals surface area contributed by atoms with Crippen molar-refractivity contribution >= 4 is 22.7 Å². The van der Waals surface area contributed by atoms with Gasteiger partial charge in [0.25, 0.3) is 5.56 Å². The summed E-state index contributed by atoms with van der Waals surface area (Å²) in [6, 6.07) is 38.8. The molecule has 43 heavy (non-hydrogen) atoms. The van der Waals surface area contributed by atoms with Crippen LogP contribution in [0, 0.1) is 6.92 Å². The lowest BCUT2D eigenvalue weighted by molar-refractivity contribution is 0.630. The third-order valence-corrected chi connectivity index (χ3v) is 8.34. The van der Waals surface area contributed by atoms with Gasteiger partial charge in [0.1, 0.15) is 0 Å². The summed E-state index contributed by atoms with van der Waals surface area (Å²) < 4.78 is 5.41. The highest BCUT2D eigenvalue weighted by molar-refractivity contribution is 7.07. The molecule has 214 valence electrons. The largest absolute Gasteiger partial charge is 0.297 e. The first kappa shape index (κ1) is 28.1. The van der Waals surface area contributed by atoms with Crippen molar-refractivity contribution in [1.29, 1.82) is 0 Å². The van der Waals surface area contributed by atoms with Crippen LogP contribution in [0.1, 0.15) is 31.0 Å². The lowest BCUT2D eigenvalue weighted by Crippen LogP contribution is -2.20. The number of rotatable bonds is 8. The number of nitrogens with zero attached hydrogens (tertiary/aromatic N) is 5. The van der Waals surface area contributed by atoms with Gasteiger partial charge in [0.2, 0.25) is 4.80 Å². The average molecular weight is 584 g/mol. The fraction of sp³-hybridized carbons (Fsp3) is 0.139. The van der Waals surface area contributed by atoms with Gasteiger partial charge in [0, 0.05) is 18.0 Å². The molecule has 0 spiro atoms. The van der Waals surface area contributed by atoms with Crippen LogP contribution in [0.4, 0.5) is 5.69 Å². The van der Waals surface area contributed by atoms with E-state index in [2.05, 4.69) is 73.0 Å². The highest BCUT2D eigenvalue weighted by atomic mass is 32.1. The van der Waals surface area contributed by atoms with Crippen LogP contribution in [0.2, 0.25) is 0 Å². The van der Waals surface area contributed by atoms with Gasteiger partial charge >= 0.3 is 0 Å². The zero-order valence-corrected chi connectivity index (χ0v) is 25.3. The number of aromatic nitrogens is 3. The first-order valence-corrected chi connectivity index (χ1v) is 15.3. The van der Waals surface area contributed by atoms with Gasteiger partial charge in [-0.2, -0.15) is 5.10 Å². The van der Waals surface area contributed by atoms with Gasteiger partial charge in [-0.15, -0.1) is 11.3 Å². The molecule has 2 heterocycles. The summed E-state index contributed by atoms with van der Waals surface area (Å²) in [4.78, 5) is 19.4. The Kier molecular flexibility index (Phi) is 8.16. The lowest BCUT2D eigenvalue weighted by Gasteiger charge is -2.10. The Balaban J connectivity index is 1.54. The molecule has 4 aromatic carbocycles. The van der Waals surface area contributed by atoms with E-state index in [1.807, 2.05) is 77.9 Å². The standard InChI is InChI=1S/C36H33N5OS/c1-4-14-32(29-17-10-6-11-18-29)38-40-33(30-23-21-28(22-24-30)27-15-8-5-9-16-27)25-43-36(40)37-34-26(2)39(3)41(35(34)42)31-19-12-7-13-20-31/h5-13,15-25H,4,14H2,1-3H3/b37-36?,38-32+. The quantitative estimate of drug-likeness (QED) is 0.168. The molecule has 2 aromatic heterocycles. The SMILES string of the molecule is CCC/C(=N\n1c(-c2ccc(-c3ccccc3)cc2)csc1=Nc1c(C)n(C)n(-c2ccccc2)c1=O)c1ccccc1. The summed E-state index contributed by atoms with van der Waals surface area (Å²) >= 11 is 1.48. The van der Waals surface area contributed by atoms with Crippen molar-refractivity contribution in [1.82, 2.24) is 14.0 Å². The van der Waals surface area contributed by atoms with Crippen LogP contribution in [0.15, 0.2) is 136 Å². The molecule has 0 radical (unpaired) electrons. The maximum atomic E-state index is 13.7. The van der Waals surface area contributed by atoms with Gasteiger partial charge in [-0.3, -0.25) is 9.48 Å². The molecule has 0 fully saturated rings. The zero-order chi connectivity index (χ0) is 29.8. The molecule has 6 nitrogen and oxygen atoms in total. The minimum absolute atomic E-state index is 0.166. The van der Waals surface area contributed by atoms with Gasteiger partial charge in [0.05, 0.1) is 22.8 Å². The minimum atomic E-state index is -0.166. The normalized spacial score (nSPS) is 12.2. The highest BCUT2D eigenvalue weighted by Gasteiger charge is 2.17. The average Bonchev–Trinajstić information content (AvgIpc) is 3.55. The molecule has 0 unspecified atom stereocenters. The predicted molar refractivity (Wildman–Crippen MR) is 177 cm³/mol. The van der Waals surface area contributed by atoms with Crippen molar-refractivity contribution in [3.8, 4) is 28.1 Å². The van der Waals surface area contributed by atoms with E-state index in [9.17, 15) is 4.79 Å². The van der Waals surface area contributed by atoms with E-state index >= 15 is 0 Å². The summed E-state index contributed by atoms with van der Waals surface area (Å²) in [5.41, 5.74) is 8.12. The van der Waals surface area contributed by atoms with Crippen LogP contribution in [0.5, 0.6) is 0 Å². The van der Waals surface area contributed by atoms with E-state index in [1.165, 1.54) is 16.9 Å². The second-order valence-corrected chi connectivity index (χ2v) is 11.2. The minimum Gasteiger partial charge on any atom is -0.283 e. The summed E-state index contributed by atoms with van der Waals surface area (Å²) in [5.74, 6) is 0. The Labute approximate surface area is 255 Å². The van der Waals surface area contributed by atoms with Crippen LogP contribution in [-0.4, -0.2) is 19.8 Å². The first-order valence-electron chi connectivity index (χ1n) is 14.4. The van der Waals surface area contributed by atoms with Gasteiger partial charge in [-0.05, 0) is 42.2 Å². The van der Waals surface area contributed by atoms with E-state index in [1.54, 1.807) is 4.68 Å². The number of thiazole rings is 1. The second kappa shape index (κ2) is 12.5. The van der Waals surface area contributed by atoms with Gasteiger partial charge in [-0.25, -0.2) is 14.4 Å². The number of para-hydroxylation sites is 1. The molecule has 7 heteroatoms. The van der Waals surface area contributed by atoms with Crippen molar-refractivity contribution in [3.63, 3.8) is 0 Å². The van der Waals surface area contributed by atoms with Crippen molar-refractivity contribution in [2.75, 3.05) is 0 Å². The zero-order valence-electron chi connectivity index (χ0n) is 24.5. The van der Waals surface area contributed by atoms with Crippen LogP contribution in [0.3, 0.4) is 0 Å². The molecule has 0 aliphatic heterocycles. The Hall–Kier alpha value is -5.01. The molecule has 0 N–H and O–H groups in total. The van der Waals surface area contributed by atoms with Crippen LogP contribution < -0.4 is 10.4 Å². The molecule has 0 saturated carbocycles. The summed E-state index contributed by atoms with van der Waals surface area (Å²) in [6.07, 6.45) is 1.76. The van der Waals surface area contributed by atoms with Crippen molar-refractivity contribution < 1.29 is 0 Å². The van der Waals surface area contributed by atoms with Gasteiger partial charge in [0.15, 0.2) is 5.69 Å². The molecule has 0 saturated heterocycles. The van der Waals surface area contributed by atoms with E-state index in [0.29, 0.717) is 10.5 Å². The van der Waals surface area contributed by atoms with Crippen molar-refractivity contribution in [2.24, 2.45) is 17.1 Å². The van der Waals surface area contributed by atoms with Crippen LogP contribution in [-0.2, 0) is 7.05 Å². The third kappa shape index (κ3) is 5.72. The smallest absolute Gasteiger partial charge is 0.283 e. The molecule has 0 aliphatic rings. The van der Waals surface area contributed by atoms with Crippen LogP contribution >= 0.6 is 11.3 Å². The molecule has 0 bridgehead atoms. The number of hydrogen-bond acceptors (Lipinski definition) is 4. The Morgan fingerprint density at radius 1 is 0.767 bits per heavy atom. The molecule has 6 aromatic rings. The lowest BCUT2D eigenvalue weighted by atomic mass is 10.0. The van der Waals surface area contributed by atoms with Crippen molar-refractivity contribution in [3.05, 3.63) is 147 Å². The maximum absolute atomic E-state index is 13.7. The molecule has 0 aliphatic carbocycles. The number of hydrogen-bond donors (Lipinski definition) is 0. The van der Waals surface area contributed by atoms with E-state index in [0.717, 1.165) is 52.3 Å². The summed E-state index contributed by atoms with van der Waals surface area (Å²) in [7, 11) is 1.89. The topological polar surface area (TPSA) is 56.6 Å². The third-order valence-electron chi connectivity index (χ3n) is 7.52. The molecular formula is C36H33N5OS. The monoisotopic (exact) mass is 583 g/mol. The van der Waals surface area contributed by atoms with E-state index in [4.69, 9.17) is 10.1 Å². The summed E-state index contributed by atoms with van der Waals surface area (Å²) in [5, 5.41) is 7.28. The Morgan fingerprint density at radius 3 is 2.00 bits per heavy atom. The molecular weight excluding hydrogens is 550 g/mol. The van der Waals surface area contributed by atoms with Gasteiger partial charge < -0.3 is 0 Å². The van der Waals surface area contributed by atoms with Crippen LogP contribution in [0.25, 0.3) is 28.1 Å². The fourth-order valence-corrected chi connectivity index (χ4v) is 5.99. The highest BCUT2D eigenvalue weighted by Crippen LogP contribution is 2.26. The molecule has 0 atom stereocenters. The maximum Gasteiger partial charge on any atom is 0.297 e. The fourth-order valence-electron chi connectivity index (χ4n) is 5.15. The predicted octanol–water partition coefficient (Wildman–Crippen LogP) is 7.97. The molecule has 0 amide bonds.